The highest BCUT2D eigenvalue weighted by atomic mass is 35.5. The molecule has 3 nitrogen and oxygen atoms in total. The third-order valence-electron chi connectivity index (χ3n) is 2.90. The highest BCUT2D eigenvalue weighted by Gasteiger charge is 2.05. The second kappa shape index (κ2) is 6.82. The quantitative estimate of drug-likeness (QED) is 0.915. The van der Waals surface area contributed by atoms with E-state index in [1.807, 2.05) is 37.3 Å². The van der Waals surface area contributed by atoms with Crippen molar-refractivity contribution in [1.29, 1.82) is 0 Å². The van der Waals surface area contributed by atoms with Gasteiger partial charge >= 0.3 is 0 Å². The molecule has 0 fully saturated rings. The van der Waals surface area contributed by atoms with Gasteiger partial charge in [-0.05, 0) is 30.7 Å². The van der Waals surface area contributed by atoms with Crippen LogP contribution in [0.2, 0.25) is 5.02 Å². The van der Waals surface area contributed by atoms with Crippen molar-refractivity contribution < 1.29 is 0 Å². The number of nitrogens with zero attached hydrogens (tertiary/aromatic N) is 2. The summed E-state index contributed by atoms with van der Waals surface area (Å²) >= 11 is 6.01. The van der Waals surface area contributed by atoms with Crippen molar-refractivity contribution in [2.24, 2.45) is 0 Å². The summed E-state index contributed by atoms with van der Waals surface area (Å²) in [6.45, 7) is 7.02. The first kappa shape index (κ1) is 14.9. The lowest BCUT2D eigenvalue weighted by Crippen LogP contribution is -2.23. The van der Waals surface area contributed by atoms with Gasteiger partial charge in [0.2, 0.25) is 0 Å². The molecule has 1 N–H and O–H groups in total. The molecule has 0 saturated carbocycles. The van der Waals surface area contributed by atoms with Crippen LogP contribution in [0.3, 0.4) is 0 Å². The molecule has 2 rings (SSSR count). The molecule has 1 heterocycles. The predicted octanol–water partition coefficient (Wildman–Crippen LogP) is 3.53. The molecule has 0 bridgehead atoms. The summed E-state index contributed by atoms with van der Waals surface area (Å²) in [6.07, 6.45) is 0.705. The highest BCUT2D eigenvalue weighted by molar-refractivity contribution is 6.30. The SMILES string of the molecule is Cc1cc(CNC(C)C)nc(Cc2cccc(Cl)c2)n1. The van der Waals surface area contributed by atoms with Crippen molar-refractivity contribution in [1.82, 2.24) is 15.3 Å². The Morgan fingerprint density at radius 1 is 1.20 bits per heavy atom. The standard InChI is InChI=1S/C16H20ClN3/c1-11(2)18-10-15-7-12(3)19-16(20-15)9-13-5-4-6-14(17)8-13/h4-8,11,18H,9-10H2,1-3H3. The average Bonchev–Trinajstić information content (AvgIpc) is 2.35. The summed E-state index contributed by atoms with van der Waals surface area (Å²) in [6, 6.07) is 10.3. The van der Waals surface area contributed by atoms with Gasteiger partial charge in [0.05, 0.1) is 5.69 Å². The smallest absolute Gasteiger partial charge is 0.133 e. The number of aromatic nitrogens is 2. The van der Waals surface area contributed by atoms with Crippen LogP contribution in [0.4, 0.5) is 0 Å². The zero-order valence-electron chi connectivity index (χ0n) is 12.2. The third-order valence-corrected chi connectivity index (χ3v) is 3.13. The summed E-state index contributed by atoms with van der Waals surface area (Å²) in [5, 5.41) is 4.12. The van der Waals surface area contributed by atoms with Crippen molar-refractivity contribution in [3.05, 3.63) is 58.1 Å². The van der Waals surface area contributed by atoms with Gasteiger partial charge in [0.1, 0.15) is 5.82 Å². The average molecular weight is 290 g/mol. The van der Waals surface area contributed by atoms with Crippen LogP contribution in [0.15, 0.2) is 30.3 Å². The van der Waals surface area contributed by atoms with Gasteiger partial charge < -0.3 is 5.32 Å². The van der Waals surface area contributed by atoms with E-state index < -0.39 is 0 Å². The molecule has 2 aromatic rings. The fraction of sp³-hybridized carbons (Fsp3) is 0.375. The number of nitrogens with one attached hydrogen (secondary N) is 1. The molecular formula is C16H20ClN3. The van der Waals surface area contributed by atoms with Gasteiger partial charge in [-0.15, -0.1) is 0 Å². The molecule has 20 heavy (non-hydrogen) atoms. The zero-order valence-corrected chi connectivity index (χ0v) is 12.9. The predicted molar refractivity (Wildman–Crippen MR) is 83.0 cm³/mol. The van der Waals surface area contributed by atoms with Crippen LogP contribution in [-0.2, 0) is 13.0 Å². The van der Waals surface area contributed by atoms with Gasteiger partial charge in [-0.1, -0.05) is 37.6 Å². The molecule has 0 saturated heterocycles. The van der Waals surface area contributed by atoms with E-state index >= 15 is 0 Å². The van der Waals surface area contributed by atoms with E-state index in [9.17, 15) is 0 Å². The Hall–Kier alpha value is -1.45. The Labute approximate surface area is 125 Å². The summed E-state index contributed by atoms with van der Waals surface area (Å²) < 4.78 is 0. The van der Waals surface area contributed by atoms with Crippen LogP contribution in [0.25, 0.3) is 0 Å². The summed E-state index contributed by atoms with van der Waals surface area (Å²) in [5.74, 6) is 0.841. The maximum Gasteiger partial charge on any atom is 0.133 e. The van der Waals surface area contributed by atoms with Gasteiger partial charge in [-0.25, -0.2) is 9.97 Å². The number of aryl methyl sites for hydroxylation is 1. The van der Waals surface area contributed by atoms with Gasteiger partial charge in [-0.3, -0.25) is 0 Å². The van der Waals surface area contributed by atoms with E-state index in [0.717, 1.165) is 34.3 Å². The molecule has 0 aliphatic heterocycles. The number of rotatable bonds is 5. The van der Waals surface area contributed by atoms with Crippen LogP contribution < -0.4 is 5.32 Å². The number of hydrogen-bond acceptors (Lipinski definition) is 3. The second-order valence-corrected chi connectivity index (χ2v) is 5.70. The van der Waals surface area contributed by atoms with Crippen LogP contribution in [0, 0.1) is 6.92 Å². The lowest BCUT2D eigenvalue weighted by atomic mass is 10.1. The summed E-state index contributed by atoms with van der Waals surface area (Å²) in [4.78, 5) is 9.12. The normalized spacial score (nSPS) is 11.1. The fourth-order valence-electron chi connectivity index (χ4n) is 2.01. The lowest BCUT2D eigenvalue weighted by molar-refractivity contribution is 0.578. The minimum absolute atomic E-state index is 0.446. The molecule has 0 aliphatic carbocycles. The van der Waals surface area contributed by atoms with E-state index in [4.69, 9.17) is 11.6 Å². The Balaban J connectivity index is 2.15. The lowest BCUT2D eigenvalue weighted by Gasteiger charge is -2.10. The van der Waals surface area contributed by atoms with E-state index in [2.05, 4.69) is 29.1 Å². The van der Waals surface area contributed by atoms with E-state index in [1.165, 1.54) is 0 Å². The van der Waals surface area contributed by atoms with Gasteiger partial charge in [0, 0.05) is 29.7 Å². The molecule has 0 spiro atoms. The van der Waals surface area contributed by atoms with Crippen LogP contribution in [0.5, 0.6) is 0 Å². The first-order valence-corrected chi connectivity index (χ1v) is 7.22. The molecule has 0 aliphatic rings. The minimum Gasteiger partial charge on any atom is -0.309 e. The van der Waals surface area contributed by atoms with Crippen molar-refractivity contribution in [3.8, 4) is 0 Å². The summed E-state index contributed by atoms with van der Waals surface area (Å²) in [5.41, 5.74) is 3.16. The molecule has 0 amide bonds. The fourth-order valence-corrected chi connectivity index (χ4v) is 2.22. The van der Waals surface area contributed by atoms with Crippen LogP contribution >= 0.6 is 11.6 Å². The molecule has 0 atom stereocenters. The number of benzene rings is 1. The van der Waals surface area contributed by atoms with Gasteiger partial charge in [0.25, 0.3) is 0 Å². The molecule has 1 aromatic carbocycles. The topological polar surface area (TPSA) is 37.8 Å². The third kappa shape index (κ3) is 4.58. The van der Waals surface area contributed by atoms with Crippen molar-refractivity contribution in [3.63, 3.8) is 0 Å². The van der Waals surface area contributed by atoms with Crippen LogP contribution in [-0.4, -0.2) is 16.0 Å². The Morgan fingerprint density at radius 2 is 2.00 bits per heavy atom. The zero-order chi connectivity index (χ0) is 14.5. The summed E-state index contributed by atoms with van der Waals surface area (Å²) in [7, 11) is 0. The largest absolute Gasteiger partial charge is 0.309 e. The maximum absolute atomic E-state index is 6.01. The van der Waals surface area contributed by atoms with Gasteiger partial charge in [-0.2, -0.15) is 0 Å². The van der Waals surface area contributed by atoms with Crippen molar-refractivity contribution >= 4 is 11.6 Å². The monoisotopic (exact) mass is 289 g/mol. The van der Waals surface area contributed by atoms with E-state index in [0.29, 0.717) is 12.5 Å². The van der Waals surface area contributed by atoms with E-state index in [-0.39, 0.29) is 0 Å². The molecule has 106 valence electrons. The molecular weight excluding hydrogens is 270 g/mol. The molecule has 4 heteroatoms. The van der Waals surface area contributed by atoms with Crippen molar-refractivity contribution in [2.45, 2.75) is 39.8 Å². The molecule has 1 aromatic heterocycles. The molecule has 0 radical (unpaired) electrons. The molecule has 0 unspecified atom stereocenters. The first-order valence-electron chi connectivity index (χ1n) is 6.84. The second-order valence-electron chi connectivity index (χ2n) is 5.26. The Kier molecular flexibility index (Phi) is 5.10. The number of hydrogen-bond donors (Lipinski definition) is 1. The van der Waals surface area contributed by atoms with Crippen LogP contribution in [0.1, 0.15) is 36.6 Å². The highest BCUT2D eigenvalue weighted by Crippen LogP contribution is 2.13. The maximum atomic E-state index is 6.01. The Morgan fingerprint density at radius 3 is 2.70 bits per heavy atom. The van der Waals surface area contributed by atoms with Crippen molar-refractivity contribution in [2.75, 3.05) is 0 Å². The minimum atomic E-state index is 0.446. The Bertz CT molecular complexity index is 582. The van der Waals surface area contributed by atoms with E-state index in [1.54, 1.807) is 0 Å². The first-order chi connectivity index (χ1) is 9.52. The number of halogens is 1. The van der Waals surface area contributed by atoms with Gasteiger partial charge in [0.15, 0.2) is 0 Å².